The molecule has 3 nitrogen and oxygen atoms in total. The SMILES string of the molecule is COc1ccc(NC2CCCN(C)CC2)cc1Cl. The quantitative estimate of drug-likeness (QED) is 0.911. The van der Waals surface area contributed by atoms with E-state index < -0.39 is 0 Å². The zero-order valence-electron chi connectivity index (χ0n) is 11.1. The van der Waals surface area contributed by atoms with Crippen LogP contribution in [0.1, 0.15) is 19.3 Å². The zero-order valence-corrected chi connectivity index (χ0v) is 11.8. The van der Waals surface area contributed by atoms with Crippen LogP contribution in [0.2, 0.25) is 5.02 Å². The number of nitrogens with one attached hydrogen (secondary N) is 1. The van der Waals surface area contributed by atoms with E-state index in [9.17, 15) is 0 Å². The largest absolute Gasteiger partial charge is 0.495 e. The van der Waals surface area contributed by atoms with Crippen LogP contribution in [0, 0.1) is 0 Å². The number of rotatable bonds is 3. The molecule has 1 fully saturated rings. The van der Waals surface area contributed by atoms with Gasteiger partial charge >= 0.3 is 0 Å². The number of anilines is 1. The van der Waals surface area contributed by atoms with Crippen molar-refractivity contribution in [2.45, 2.75) is 25.3 Å². The second-order valence-electron chi connectivity index (χ2n) is 4.92. The fourth-order valence-corrected chi connectivity index (χ4v) is 2.63. The van der Waals surface area contributed by atoms with Gasteiger partial charge in [0.15, 0.2) is 0 Å². The number of hydrogen-bond donors (Lipinski definition) is 1. The molecule has 1 aliphatic rings. The van der Waals surface area contributed by atoms with Crippen molar-refractivity contribution < 1.29 is 4.74 Å². The van der Waals surface area contributed by atoms with Crippen LogP contribution in [0.25, 0.3) is 0 Å². The predicted octanol–water partition coefficient (Wildman–Crippen LogP) is 3.24. The van der Waals surface area contributed by atoms with Crippen LogP contribution < -0.4 is 10.1 Å². The van der Waals surface area contributed by atoms with Crippen LogP contribution in [-0.4, -0.2) is 38.2 Å². The molecule has 1 N–H and O–H groups in total. The number of halogens is 1. The summed E-state index contributed by atoms with van der Waals surface area (Å²) in [5.41, 5.74) is 1.08. The first kappa shape index (κ1) is 13.5. The first-order valence-electron chi connectivity index (χ1n) is 6.47. The Labute approximate surface area is 114 Å². The van der Waals surface area contributed by atoms with E-state index in [0.717, 1.165) is 18.0 Å². The first-order valence-corrected chi connectivity index (χ1v) is 6.85. The Kier molecular flexibility index (Phi) is 4.72. The minimum atomic E-state index is 0.541. The third-order valence-electron chi connectivity index (χ3n) is 3.47. The lowest BCUT2D eigenvalue weighted by Gasteiger charge is -2.18. The Hall–Kier alpha value is -0.930. The molecule has 0 saturated carbocycles. The van der Waals surface area contributed by atoms with Crippen molar-refractivity contribution in [1.82, 2.24) is 4.90 Å². The lowest BCUT2D eigenvalue weighted by Crippen LogP contribution is -2.22. The molecule has 0 bridgehead atoms. The van der Waals surface area contributed by atoms with E-state index in [4.69, 9.17) is 16.3 Å². The highest BCUT2D eigenvalue weighted by molar-refractivity contribution is 6.32. The van der Waals surface area contributed by atoms with Gasteiger partial charge in [-0.25, -0.2) is 0 Å². The zero-order chi connectivity index (χ0) is 13.0. The molecule has 1 unspecified atom stereocenters. The van der Waals surface area contributed by atoms with Crippen molar-refractivity contribution in [2.24, 2.45) is 0 Å². The highest BCUT2D eigenvalue weighted by atomic mass is 35.5. The molecule has 1 aliphatic heterocycles. The summed E-state index contributed by atoms with van der Waals surface area (Å²) in [7, 11) is 3.82. The van der Waals surface area contributed by atoms with Gasteiger partial charge in [-0.2, -0.15) is 0 Å². The van der Waals surface area contributed by atoms with Crippen molar-refractivity contribution in [3.8, 4) is 5.75 Å². The maximum atomic E-state index is 6.13. The van der Waals surface area contributed by atoms with Gasteiger partial charge in [-0.1, -0.05) is 11.6 Å². The van der Waals surface area contributed by atoms with Crippen LogP contribution in [-0.2, 0) is 0 Å². The van der Waals surface area contributed by atoms with Crippen molar-refractivity contribution in [3.63, 3.8) is 0 Å². The summed E-state index contributed by atoms with van der Waals surface area (Å²) in [5.74, 6) is 0.725. The van der Waals surface area contributed by atoms with Crippen LogP contribution in [0.4, 0.5) is 5.69 Å². The fourth-order valence-electron chi connectivity index (χ4n) is 2.38. The monoisotopic (exact) mass is 268 g/mol. The van der Waals surface area contributed by atoms with Gasteiger partial charge < -0.3 is 15.0 Å². The van der Waals surface area contributed by atoms with E-state index >= 15 is 0 Å². The summed E-state index contributed by atoms with van der Waals surface area (Å²) in [5, 5.41) is 4.23. The first-order chi connectivity index (χ1) is 8.69. The molecule has 1 heterocycles. The van der Waals surface area contributed by atoms with Crippen LogP contribution >= 0.6 is 11.6 Å². The number of hydrogen-bond acceptors (Lipinski definition) is 3. The van der Waals surface area contributed by atoms with E-state index in [1.165, 1.54) is 25.8 Å². The number of likely N-dealkylation sites (tertiary alicyclic amines) is 1. The highest BCUT2D eigenvalue weighted by Crippen LogP contribution is 2.28. The van der Waals surface area contributed by atoms with Gasteiger partial charge in [0.1, 0.15) is 5.75 Å². The molecular weight excluding hydrogens is 248 g/mol. The van der Waals surface area contributed by atoms with Crippen molar-refractivity contribution in [1.29, 1.82) is 0 Å². The Balaban J connectivity index is 1.98. The Morgan fingerprint density at radius 1 is 1.33 bits per heavy atom. The molecule has 18 heavy (non-hydrogen) atoms. The number of methoxy groups -OCH3 is 1. The minimum Gasteiger partial charge on any atom is -0.495 e. The molecule has 1 atom stereocenters. The second-order valence-corrected chi connectivity index (χ2v) is 5.33. The van der Waals surface area contributed by atoms with Crippen LogP contribution in [0.3, 0.4) is 0 Å². The summed E-state index contributed by atoms with van der Waals surface area (Å²) >= 11 is 6.13. The molecule has 0 amide bonds. The summed E-state index contributed by atoms with van der Waals surface area (Å²) in [4.78, 5) is 2.39. The van der Waals surface area contributed by atoms with Crippen LogP contribution in [0.5, 0.6) is 5.75 Å². The summed E-state index contributed by atoms with van der Waals surface area (Å²) in [6.07, 6.45) is 3.65. The molecule has 1 aromatic rings. The molecule has 0 radical (unpaired) electrons. The average molecular weight is 269 g/mol. The van der Waals surface area contributed by atoms with Gasteiger partial charge in [0.2, 0.25) is 0 Å². The van der Waals surface area contributed by atoms with Crippen molar-refractivity contribution in [2.75, 3.05) is 32.6 Å². The molecular formula is C14H21ClN2O. The van der Waals surface area contributed by atoms with E-state index in [2.05, 4.69) is 17.3 Å². The Bertz CT molecular complexity index is 397. The maximum absolute atomic E-state index is 6.13. The van der Waals surface area contributed by atoms with Gasteiger partial charge in [0, 0.05) is 11.7 Å². The van der Waals surface area contributed by atoms with E-state index in [0.29, 0.717) is 11.1 Å². The normalized spacial score (nSPS) is 21.4. The third kappa shape index (κ3) is 3.53. The standard InChI is InChI=1S/C14H21ClN2O/c1-17-8-3-4-11(7-9-17)16-12-5-6-14(18-2)13(15)10-12/h5-6,10-11,16H,3-4,7-9H2,1-2H3. The second kappa shape index (κ2) is 6.30. The summed E-state index contributed by atoms with van der Waals surface area (Å²) < 4.78 is 5.16. The molecule has 1 aromatic carbocycles. The Morgan fingerprint density at radius 3 is 2.89 bits per heavy atom. The van der Waals surface area contributed by atoms with Gasteiger partial charge in [-0.15, -0.1) is 0 Å². The van der Waals surface area contributed by atoms with Gasteiger partial charge in [0.25, 0.3) is 0 Å². The topological polar surface area (TPSA) is 24.5 Å². The molecule has 1 saturated heterocycles. The van der Waals surface area contributed by atoms with Gasteiger partial charge in [-0.05, 0) is 57.6 Å². The van der Waals surface area contributed by atoms with Crippen LogP contribution in [0.15, 0.2) is 18.2 Å². The number of nitrogens with zero attached hydrogens (tertiary/aromatic N) is 1. The smallest absolute Gasteiger partial charge is 0.137 e. The lowest BCUT2D eigenvalue weighted by molar-refractivity contribution is 0.348. The maximum Gasteiger partial charge on any atom is 0.137 e. The minimum absolute atomic E-state index is 0.541. The molecule has 2 rings (SSSR count). The van der Waals surface area contributed by atoms with E-state index in [-0.39, 0.29) is 0 Å². The van der Waals surface area contributed by atoms with E-state index in [1.54, 1.807) is 7.11 Å². The third-order valence-corrected chi connectivity index (χ3v) is 3.77. The predicted molar refractivity (Wildman–Crippen MR) is 76.8 cm³/mol. The highest BCUT2D eigenvalue weighted by Gasteiger charge is 2.14. The van der Waals surface area contributed by atoms with Gasteiger partial charge in [0.05, 0.1) is 12.1 Å². The molecule has 0 aromatic heterocycles. The summed E-state index contributed by atoms with van der Waals surface area (Å²) in [6, 6.07) is 6.42. The fraction of sp³-hybridized carbons (Fsp3) is 0.571. The summed E-state index contributed by atoms with van der Waals surface area (Å²) in [6.45, 7) is 2.35. The number of ether oxygens (including phenoxy) is 1. The Morgan fingerprint density at radius 2 is 2.17 bits per heavy atom. The average Bonchev–Trinajstić information content (AvgIpc) is 2.55. The molecule has 100 valence electrons. The van der Waals surface area contributed by atoms with Crippen molar-refractivity contribution >= 4 is 17.3 Å². The molecule has 0 spiro atoms. The van der Waals surface area contributed by atoms with Gasteiger partial charge in [-0.3, -0.25) is 0 Å². The van der Waals surface area contributed by atoms with Crippen molar-refractivity contribution in [3.05, 3.63) is 23.2 Å². The molecule has 4 heteroatoms. The lowest BCUT2D eigenvalue weighted by atomic mass is 10.1. The van der Waals surface area contributed by atoms with E-state index in [1.807, 2.05) is 18.2 Å². The molecule has 0 aliphatic carbocycles. The number of benzene rings is 1.